The van der Waals surface area contributed by atoms with Gasteiger partial charge in [0.2, 0.25) is 0 Å². The van der Waals surface area contributed by atoms with E-state index in [0.717, 1.165) is 24.2 Å². The fourth-order valence-electron chi connectivity index (χ4n) is 4.27. The number of fused-ring (bicyclic) bond motifs is 3. The number of anilines is 1. The number of piperidine rings is 1. The van der Waals surface area contributed by atoms with Gasteiger partial charge in [-0.05, 0) is 24.3 Å². The van der Waals surface area contributed by atoms with Crippen molar-refractivity contribution in [1.82, 2.24) is 4.57 Å². The molecular weight excluding hydrogens is 278 g/mol. The minimum Gasteiger partial charge on any atom is -0.480 e. The molecule has 1 fully saturated rings. The van der Waals surface area contributed by atoms with Crippen LogP contribution in [0.1, 0.15) is 29.9 Å². The Kier molecular flexibility index (Phi) is 2.94. The zero-order valence-corrected chi connectivity index (χ0v) is 12.7. The Morgan fingerprint density at radius 2 is 2.14 bits per heavy atom. The number of nitrogens with zero attached hydrogens (tertiary/aromatic N) is 2. The number of benzene rings is 1. The number of hydrogen-bond donors (Lipinski definition) is 2. The van der Waals surface area contributed by atoms with Crippen LogP contribution in [0.15, 0.2) is 18.2 Å². The lowest BCUT2D eigenvalue weighted by Crippen LogP contribution is -2.39. The van der Waals surface area contributed by atoms with Crippen LogP contribution in [0.2, 0.25) is 0 Å². The number of carboxylic acid groups (broad SMARTS) is 1. The molecule has 1 unspecified atom stereocenters. The van der Waals surface area contributed by atoms with Gasteiger partial charge in [-0.15, -0.1) is 0 Å². The summed E-state index contributed by atoms with van der Waals surface area (Å²) in [5.41, 5.74) is 9.41. The highest BCUT2D eigenvalue weighted by Crippen LogP contribution is 2.47. The summed E-state index contributed by atoms with van der Waals surface area (Å²) in [5, 5.41) is 10.4. The molecule has 2 bridgehead atoms. The van der Waals surface area contributed by atoms with Crippen LogP contribution in [-0.2, 0) is 18.3 Å². The SMILES string of the molecule is Cn1c2c(c3cccc(CC(N)C(=O)O)c31)C1CCN2CC1. The Labute approximate surface area is 129 Å². The van der Waals surface area contributed by atoms with Gasteiger partial charge in [0.1, 0.15) is 11.9 Å². The molecule has 0 radical (unpaired) electrons. The third kappa shape index (κ3) is 1.78. The van der Waals surface area contributed by atoms with Crippen molar-refractivity contribution in [2.24, 2.45) is 12.8 Å². The van der Waals surface area contributed by atoms with Gasteiger partial charge in [-0.1, -0.05) is 18.2 Å². The summed E-state index contributed by atoms with van der Waals surface area (Å²) >= 11 is 0. The molecule has 5 heteroatoms. The van der Waals surface area contributed by atoms with Gasteiger partial charge >= 0.3 is 5.97 Å². The number of aryl methyl sites for hydroxylation is 1. The van der Waals surface area contributed by atoms with Gasteiger partial charge in [0, 0.05) is 37.5 Å². The first-order valence-corrected chi connectivity index (χ1v) is 7.91. The van der Waals surface area contributed by atoms with E-state index in [1.54, 1.807) is 0 Å². The molecule has 0 amide bonds. The molecule has 3 aliphatic heterocycles. The molecule has 4 heterocycles. The van der Waals surface area contributed by atoms with Crippen molar-refractivity contribution in [2.45, 2.75) is 31.2 Å². The molecule has 2 aromatic rings. The number of aliphatic carboxylic acids is 1. The van der Waals surface area contributed by atoms with Gasteiger partial charge in [0.15, 0.2) is 0 Å². The smallest absolute Gasteiger partial charge is 0.320 e. The van der Waals surface area contributed by atoms with Gasteiger partial charge in [0.05, 0.1) is 5.52 Å². The largest absolute Gasteiger partial charge is 0.480 e. The van der Waals surface area contributed by atoms with E-state index in [9.17, 15) is 4.79 Å². The van der Waals surface area contributed by atoms with Gasteiger partial charge in [-0.2, -0.15) is 0 Å². The van der Waals surface area contributed by atoms with Gasteiger partial charge in [-0.25, -0.2) is 0 Å². The van der Waals surface area contributed by atoms with Crippen LogP contribution in [0.3, 0.4) is 0 Å². The molecule has 3 aliphatic rings. The van der Waals surface area contributed by atoms with Crippen molar-refractivity contribution < 1.29 is 9.90 Å². The Balaban J connectivity index is 1.91. The van der Waals surface area contributed by atoms with Gasteiger partial charge < -0.3 is 20.3 Å². The fourth-order valence-corrected chi connectivity index (χ4v) is 4.27. The van der Waals surface area contributed by atoms with Crippen LogP contribution < -0.4 is 10.6 Å². The third-order valence-electron chi connectivity index (χ3n) is 5.26. The fraction of sp³-hybridized carbons (Fsp3) is 0.471. The molecule has 1 aromatic heterocycles. The second-order valence-corrected chi connectivity index (χ2v) is 6.52. The number of nitrogens with two attached hydrogens (primary N) is 1. The molecule has 5 nitrogen and oxygen atoms in total. The van der Waals surface area contributed by atoms with Crippen LogP contribution >= 0.6 is 0 Å². The molecule has 3 N–H and O–H groups in total. The van der Waals surface area contributed by atoms with Crippen LogP contribution in [0, 0.1) is 0 Å². The average Bonchev–Trinajstić information content (AvgIpc) is 2.85. The van der Waals surface area contributed by atoms with Crippen molar-refractivity contribution in [3.05, 3.63) is 29.3 Å². The van der Waals surface area contributed by atoms with Crippen molar-refractivity contribution in [2.75, 3.05) is 18.0 Å². The first-order chi connectivity index (χ1) is 10.6. The maximum Gasteiger partial charge on any atom is 0.320 e. The second-order valence-electron chi connectivity index (χ2n) is 6.52. The van der Waals surface area contributed by atoms with E-state index in [1.807, 2.05) is 12.1 Å². The molecular formula is C17H21N3O2. The molecule has 5 rings (SSSR count). The normalized spacial score (nSPS) is 18.7. The van der Waals surface area contributed by atoms with E-state index in [0.29, 0.717) is 12.3 Å². The molecule has 116 valence electrons. The minimum atomic E-state index is -0.945. The van der Waals surface area contributed by atoms with E-state index >= 15 is 0 Å². The predicted molar refractivity (Wildman–Crippen MR) is 86.4 cm³/mol. The average molecular weight is 299 g/mol. The summed E-state index contributed by atoms with van der Waals surface area (Å²) in [6, 6.07) is 5.36. The molecule has 22 heavy (non-hydrogen) atoms. The topological polar surface area (TPSA) is 71.5 Å². The predicted octanol–water partition coefficient (Wildman–Crippen LogP) is 1.83. The Morgan fingerprint density at radius 3 is 2.82 bits per heavy atom. The standard InChI is InChI=1S/C17H21N3O2/c1-19-15-11(9-13(18)17(21)22)3-2-4-12(15)14-10-5-7-20(8-6-10)16(14)19/h2-4,10,13H,5-9,18H2,1H3,(H,21,22). The number of para-hydroxylation sites is 1. The lowest BCUT2D eigenvalue weighted by Gasteiger charge is -2.41. The van der Waals surface area contributed by atoms with Crippen LogP contribution in [0.4, 0.5) is 5.82 Å². The van der Waals surface area contributed by atoms with Crippen molar-refractivity contribution in [1.29, 1.82) is 0 Å². The highest BCUT2D eigenvalue weighted by Gasteiger charge is 2.35. The van der Waals surface area contributed by atoms with E-state index in [2.05, 4.69) is 22.6 Å². The maximum atomic E-state index is 11.1. The molecule has 0 saturated carbocycles. The number of aromatic nitrogens is 1. The monoisotopic (exact) mass is 299 g/mol. The van der Waals surface area contributed by atoms with Crippen LogP contribution in [-0.4, -0.2) is 34.8 Å². The van der Waals surface area contributed by atoms with Crippen molar-refractivity contribution in [3.63, 3.8) is 0 Å². The van der Waals surface area contributed by atoms with E-state index in [4.69, 9.17) is 10.8 Å². The number of carboxylic acids is 1. The zero-order valence-electron chi connectivity index (χ0n) is 12.7. The Bertz CT molecular complexity index is 757. The minimum absolute atomic E-state index is 0.369. The number of carbonyl (C=O) groups is 1. The number of hydrogen-bond acceptors (Lipinski definition) is 3. The molecule has 1 atom stereocenters. The van der Waals surface area contributed by atoms with Crippen LogP contribution in [0.5, 0.6) is 0 Å². The third-order valence-corrected chi connectivity index (χ3v) is 5.26. The maximum absolute atomic E-state index is 11.1. The van der Waals surface area contributed by atoms with E-state index in [-0.39, 0.29) is 0 Å². The van der Waals surface area contributed by atoms with Gasteiger partial charge in [-0.3, -0.25) is 4.79 Å². The van der Waals surface area contributed by atoms with Gasteiger partial charge in [0.25, 0.3) is 0 Å². The summed E-state index contributed by atoms with van der Waals surface area (Å²) in [6.07, 6.45) is 2.82. The summed E-state index contributed by atoms with van der Waals surface area (Å²) in [5.74, 6) is 1.03. The second kappa shape index (κ2) is 4.74. The highest BCUT2D eigenvalue weighted by atomic mass is 16.4. The van der Waals surface area contributed by atoms with E-state index in [1.165, 1.54) is 29.6 Å². The molecule has 0 aliphatic carbocycles. The summed E-state index contributed by atoms with van der Waals surface area (Å²) in [4.78, 5) is 13.6. The highest BCUT2D eigenvalue weighted by molar-refractivity contribution is 5.94. The summed E-state index contributed by atoms with van der Waals surface area (Å²) in [6.45, 7) is 2.26. The molecule has 1 saturated heterocycles. The zero-order chi connectivity index (χ0) is 15.4. The quantitative estimate of drug-likeness (QED) is 0.907. The molecule has 1 aromatic carbocycles. The summed E-state index contributed by atoms with van der Waals surface area (Å²) < 4.78 is 2.25. The number of rotatable bonds is 3. The first kappa shape index (κ1) is 13.6. The van der Waals surface area contributed by atoms with Crippen LogP contribution in [0.25, 0.3) is 10.9 Å². The van der Waals surface area contributed by atoms with Crippen molar-refractivity contribution >= 4 is 22.7 Å². The lowest BCUT2D eigenvalue weighted by atomic mass is 9.84. The van der Waals surface area contributed by atoms with Crippen molar-refractivity contribution in [3.8, 4) is 0 Å². The molecule has 0 spiro atoms. The Morgan fingerprint density at radius 1 is 1.41 bits per heavy atom. The first-order valence-electron chi connectivity index (χ1n) is 7.91. The summed E-state index contributed by atoms with van der Waals surface area (Å²) in [7, 11) is 2.09. The van der Waals surface area contributed by atoms with E-state index < -0.39 is 12.0 Å². The Hall–Kier alpha value is -2.01. The lowest BCUT2D eigenvalue weighted by molar-refractivity contribution is -0.138.